The summed E-state index contributed by atoms with van der Waals surface area (Å²) in [5, 5.41) is 12.3. The maximum Gasteiger partial charge on any atom is 0.255 e. The lowest BCUT2D eigenvalue weighted by molar-refractivity contribution is 0.102. The van der Waals surface area contributed by atoms with Crippen LogP contribution in [0.5, 0.6) is 11.5 Å². The average molecular weight is 275 g/mol. The van der Waals surface area contributed by atoms with Gasteiger partial charge in [0.1, 0.15) is 5.82 Å². The predicted molar refractivity (Wildman–Crippen MR) is 73.7 cm³/mol. The molecule has 5 heteroatoms. The Balaban J connectivity index is 2.19. The molecule has 104 valence electrons. The third kappa shape index (κ3) is 2.88. The molecule has 0 aromatic heterocycles. The standard InChI is InChI=1S/C15H14FNO3/c1-9-7-11(4-5-12(9)16)17-15(19)10-3-6-14(20-2)13(18)8-10/h3-8,18H,1-2H3,(H,17,19). The van der Waals surface area contributed by atoms with E-state index in [2.05, 4.69) is 5.32 Å². The van der Waals surface area contributed by atoms with Crippen LogP contribution >= 0.6 is 0 Å². The van der Waals surface area contributed by atoms with E-state index in [1.165, 1.54) is 43.5 Å². The lowest BCUT2D eigenvalue weighted by Gasteiger charge is -2.08. The lowest BCUT2D eigenvalue weighted by Crippen LogP contribution is -2.12. The van der Waals surface area contributed by atoms with Gasteiger partial charge in [-0.3, -0.25) is 4.79 Å². The van der Waals surface area contributed by atoms with Crippen LogP contribution < -0.4 is 10.1 Å². The molecule has 0 bridgehead atoms. The number of aryl methyl sites for hydroxylation is 1. The Morgan fingerprint density at radius 2 is 2.00 bits per heavy atom. The predicted octanol–water partition coefficient (Wildman–Crippen LogP) is 3.10. The number of ether oxygens (including phenoxy) is 1. The fraction of sp³-hybridized carbons (Fsp3) is 0.133. The van der Waals surface area contributed by atoms with E-state index in [0.717, 1.165) is 0 Å². The number of phenols is 1. The normalized spacial score (nSPS) is 10.2. The summed E-state index contributed by atoms with van der Waals surface area (Å²) in [6.07, 6.45) is 0. The minimum Gasteiger partial charge on any atom is -0.504 e. The highest BCUT2D eigenvalue weighted by Gasteiger charge is 2.10. The molecule has 2 aromatic rings. The van der Waals surface area contributed by atoms with Crippen molar-refractivity contribution in [2.75, 3.05) is 12.4 Å². The van der Waals surface area contributed by atoms with Gasteiger partial charge in [0.15, 0.2) is 11.5 Å². The highest BCUT2D eigenvalue weighted by Crippen LogP contribution is 2.26. The number of rotatable bonds is 3. The topological polar surface area (TPSA) is 58.6 Å². The summed E-state index contributed by atoms with van der Waals surface area (Å²) in [5.74, 6) is -0.548. The van der Waals surface area contributed by atoms with Crippen LogP contribution in [0.15, 0.2) is 36.4 Å². The first-order chi connectivity index (χ1) is 9.51. The van der Waals surface area contributed by atoms with Crippen LogP contribution in [0.25, 0.3) is 0 Å². The number of phenolic OH excluding ortho intramolecular Hbond substituents is 1. The molecule has 0 saturated carbocycles. The van der Waals surface area contributed by atoms with Gasteiger partial charge in [-0.25, -0.2) is 4.39 Å². The summed E-state index contributed by atoms with van der Waals surface area (Å²) in [7, 11) is 1.43. The Bertz CT molecular complexity index is 656. The van der Waals surface area contributed by atoms with Crippen molar-refractivity contribution in [1.29, 1.82) is 0 Å². The first-order valence-corrected chi connectivity index (χ1v) is 5.96. The van der Waals surface area contributed by atoms with Crippen LogP contribution in [0.4, 0.5) is 10.1 Å². The molecule has 0 spiro atoms. The molecule has 2 rings (SSSR count). The van der Waals surface area contributed by atoms with E-state index in [-0.39, 0.29) is 17.1 Å². The zero-order valence-corrected chi connectivity index (χ0v) is 11.1. The molecule has 4 nitrogen and oxygen atoms in total. The molecule has 2 N–H and O–H groups in total. The van der Waals surface area contributed by atoms with Crippen LogP contribution in [-0.2, 0) is 0 Å². The number of hydrogen-bond acceptors (Lipinski definition) is 3. The summed E-state index contributed by atoms with van der Waals surface area (Å²) in [5.41, 5.74) is 1.22. The Hall–Kier alpha value is -2.56. The minimum absolute atomic E-state index is 0.115. The molecule has 0 atom stereocenters. The van der Waals surface area contributed by atoms with Gasteiger partial charge >= 0.3 is 0 Å². The van der Waals surface area contributed by atoms with E-state index in [1.54, 1.807) is 6.92 Å². The second-order valence-corrected chi connectivity index (χ2v) is 4.30. The maximum absolute atomic E-state index is 13.1. The van der Waals surface area contributed by atoms with Gasteiger partial charge in [-0.15, -0.1) is 0 Å². The third-order valence-corrected chi connectivity index (χ3v) is 2.86. The number of aromatic hydroxyl groups is 1. The van der Waals surface area contributed by atoms with Crippen LogP contribution in [0.2, 0.25) is 0 Å². The van der Waals surface area contributed by atoms with E-state index < -0.39 is 5.91 Å². The molecular formula is C15H14FNO3. The van der Waals surface area contributed by atoms with Crippen LogP contribution in [0.1, 0.15) is 15.9 Å². The van der Waals surface area contributed by atoms with Crippen molar-refractivity contribution in [3.05, 3.63) is 53.3 Å². The van der Waals surface area contributed by atoms with Crippen LogP contribution in [-0.4, -0.2) is 18.1 Å². The van der Waals surface area contributed by atoms with E-state index >= 15 is 0 Å². The number of anilines is 1. The molecule has 0 aliphatic rings. The molecule has 0 aliphatic carbocycles. The van der Waals surface area contributed by atoms with E-state index in [9.17, 15) is 14.3 Å². The number of amides is 1. The summed E-state index contributed by atoms with van der Waals surface area (Å²) >= 11 is 0. The summed E-state index contributed by atoms with van der Waals surface area (Å²) < 4.78 is 18.0. The van der Waals surface area contributed by atoms with Gasteiger partial charge in [-0.2, -0.15) is 0 Å². The SMILES string of the molecule is COc1ccc(C(=O)Nc2ccc(F)c(C)c2)cc1O. The molecule has 0 fully saturated rings. The van der Waals surface area contributed by atoms with Crippen molar-refractivity contribution >= 4 is 11.6 Å². The second-order valence-electron chi connectivity index (χ2n) is 4.30. The number of hydrogen-bond donors (Lipinski definition) is 2. The largest absolute Gasteiger partial charge is 0.504 e. The number of carbonyl (C=O) groups excluding carboxylic acids is 1. The van der Waals surface area contributed by atoms with Crippen molar-refractivity contribution in [1.82, 2.24) is 0 Å². The molecule has 0 unspecified atom stereocenters. The maximum atomic E-state index is 13.1. The lowest BCUT2D eigenvalue weighted by atomic mass is 10.1. The van der Waals surface area contributed by atoms with Gasteiger partial charge in [0.2, 0.25) is 0 Å². The smallest absolute Gasteiger partial charge is 0.255 e. The number of methoxy groups -OCH3 is 1. The Morgan fingerprint density at radius 1 is 1.25 bits per heavy atom. The van der Waals surface area contributed by atoms with E-state index in [1.807, 2.05) is 0 Å². The van der Waals surface area contributed by atoms with Gasteiger partial charge in [0, 0.05) is 11.3 Å². The van der Waals surface area contributed by atoms with Gasteiger partial charge < -0.3 is 15.2 Å². The Labute approximate surface area is 115 Å². The number of carbonyl (C=O) groups is 1. The van der Waals surface area contributed by atoms with Crippen LogP contribution in [0, 0.1) is 12.7 Å². The molecule has 1 amide bonds. The highest BCUT2D eigenvalue weighted by molar-refractivity contribution is 6.04. The summed E-state index contributed by atoms with van der Waals surface area (Å²) in [6, 6.07) is 8.64. The highest BCUT2D eigenvalue weighted by atomic mass is 19.1. The van der Waals surface area contributed by atoms with Crippen molar-refractivity contribution in [3.63, 3.8) is 0 Å². The van der Waals surface area contributed by atoms with Gasteiger partial charge in [-0.1, -0.05) is 0 Å². The summed E-state index contributed by atoms with van der Waals surface area (Å²) in [6.45, 7) is 1.62. The van der Waals surface area contributed by atoms with Crippen molar-refractivity contribution in [3.8, 4) is 11.5 Å². The van der Waals surface area contributed by atoms with Crippen LogP contribution in [0.3, 0.4) is 0 Å². The number of halogens is 1. The van der Waals surface area contributed by atoms with Gasteiger partial charge in [0.05, 0.1) is 7.11 Å². The van der Waals surface area contributed by atoms with E-state index in [0.29, 0.717) is 17.0 Å². The fourth-order valence-electron chi connectivity index (χ4n) is 1.76. The van der Waals surface area contributed by atoms with Gasteiger partial charge in [0.25, 0.3) is 5.91 Å². The minimum atomic E-state index is -0.394. The second kappa shape index (κ2) is 5.61. The molecule has 20 heavy (non-hydrogen) atoms. The van der Waals surface area contributed by atoms with Crippen molar-refractivity contribution in [2.45, 2.75) is 6.92 Å². The number of benzene rings is 2. The molecule has 0 saturated heterocycles. The molecule has 0 heterocycles. The first kappa shape index (κ1) is 13.9. The zero-order chi connectivity index (χ0) is 14.7. The molecule has 2 aromatic carbocycles. The quantitative estimate of drug-likeness (QED) is 0.905. The number of nitrogens with one attached hydrogen (secondary N) is 1. The third-order valence-electron chi connectivity index (χ3n) is 2.86. The molecule has 0 aliphatic heterocycles. The van der Waals surface area contributed by atoms with Crippen molar-refractivity contribution < 1.29 is 19.0 Å². The fourth-order valence-corrected chi connectivity index (χ4v) is 1.76. The molecule has 0 radical (unpaired) electrons. The zero-order valence-electron chi connectivity index (χ0n) is 11.1. The Kier molecular flexibility index (Phi) is 3.89. The van der Waals surface area contributed by atoms with Crippen molar-refractivity contribution in [2.24, 2.45) is 0 Å². The first-order valence-electron chi connectivity index (χ1n) is 5.96. The Morgan fingerprint density at radius 3 is 2.60 bits per heavy atom. The van der Waals surface area contributed by atoms with Gasteiger partial charge in [-0.05, 0) is 48.9 Å². The molecular weight excluding hydrogens is 261 g/mol. The van der Waals surface area contributed by atoms with E-state index in [4.69, 9.17) is 4.74 Å². The summed E-state index contributed by atoms with van der Waals surface area (Å²) in [4.78, 5) is 12.0. The average Bonchev–Trinajstić information content (AvgIpc) is 2.42. The monoisotopic (exact) mass is 275 g/mol.